The zero-order valence-electron chi connectivity index (χ0n) is 6.55. The van der Waals surface area contributed by atoms with Gasteiger partial charge in [0.2, 0.25) is 0 Å². The van der Waals surface area contributed by atoms with Crippen LogP contribution in [0.25, 0.3) is 0 Å². The van der Waals surface area contributed by atoms with Crippen molar-refractivity contribution < 1.29 is 34.5 Å². The number of aliphatic carboxylic acids is 1. The summed E-state index contributed by atoms with van der Waals surface area (Å²) in [6.07, 6.45) is 0. The second-order valence-corrected chi connectivity index (χ2v) is 2.89. The van der Waals surface area contributed by atoms with Crippen LogP contribution in [0.15, 0.2) is 0 Å². The van der Waals surface area contributed by atoms with E-state index < -0.39 is 24.3 Å². The Labute approximate surface area is 82.2 Å². The Kier molecular flexibility index (Phi) is 9.13. The van der Waals surface area contributed by atoms with Gasteiger partial charge in [0.1, 0.15) is 0 Å². The predicted molar refractivity (Wildman–Crippen MR) is 44.5 cm³/mol. The Morgan fingerprint density at radius 3 is 1.77 bits per heavy atom. The summed E-state index contributed by atoms with van der Waals surface area (Å²) < 4.78 is 4.19. The molecule has 0 aliphatic rings. The van der Waals surface area contributed by atoms with Gasteiger partial charge in [-0.15, -0.1) is 0 Å². The Hall–Kier alpha value is -0.635. The summed E-state index contributed by atoms with van der Waals surface area (Å²) in [5.41, 5.74) is 0. The number of rotatable bonds is 1. The van der Waals surface area contributed by atoms with Crippen LogP contribution in [0.5, 0.6) is 0 Å². The number of alkyl halides is 1. The minimum absolute atomic E-state index is 0.555. The maximum atomic E-state index is 10.1. The predicted octanol–water partition coefficient (Wildman–Crippen LogP) is -1.70. The lowest BCUT2D eigenvalue weighted by Crippen LogP contribution is -2.18. The van der Waals surface area contributed by atoms with Crippen molar-refractivity contribution in [2.24, 2.45) is 0 Å². The molecule has 0 aromatic carbocycles. The van der Waals surface area contributed by atoms with Crippen LogP contribution < -0.4 is 0 Å². The summed E-state index contributed by atoms with van der Waals surface area (Å²) in [4.78, 5) is 19.8. The lowest BCUT2D eigenvalue weighted by molar-refractivity contribution is -0.164. The molecule has 9 heteroatoms. The third-order valence-electron chi connectivity index (χ3n) is 0.444. The highest BCUT2D eigenvalue weighted by atomic mass is 79.9. The first-order valence-corrected chi connectivity index (χ1v) is 3.81. The van der Waals surface area contributed by atoms with Gasteiger partial charge in [0.05, 0.1) is 0 Å². The molecule has 0 fully saturated rings. The molecule has 0 aliphatic carbocycles. The third-order valence-corrected chi connectivity index (χ3v) is 0.631. The minimum Gasteiger partial charge on any atom is -0.473 e. The second-order valence-electron chi connectivity index (χ2n) is 1.60. The van der Waals surface area contributed by atoms with E-state index in [4.69, 9.17) is 20.2 Å². The van der Waals surface area contributed by atoms with Gasteiger partial charge < -0.3 is 24.9 Å². The molecular formula is C4H8BBrO7. The van der Waals surface area contributed by atoms with E-state index in [1.54, 1.807) is 0 Å². The third kappa shape index (κ3) is 18.4. The quantitative estimate of drug-likeness (QED) is 0.191. The maximum Gasteiger partial charge on any atom is 0.631 e. The molecule has 0 bridgehead atoms. The summed E-state index contributed by atoms with van der Waals surface area (Å²) in [6.45, 7) is 1.50. The van der Waals surface area contributed by atoms with Gasteiger partial charge in [-0.25, -0.2) is 9.59 Å². The number of carboxylic acid groups (broad SMARTS) is 1. The van der Waals surface area contributed by atoms with E-state index in [1.165, 1.54) is 6.92 Å². The van der Waals surface area contributed by atoms with Crippen LogP contribution in [0, 0.1) is 0 Å². The van der Waals surface area contributed by atoms with Gasteiger partial charge in [0.25, 0.3) is 0 Å². The standard InChI is InChI=1S/C4H5BrO4.BH3O3/c1-2(5)9-4(8)3(6)7;2-1(3)4/h2H,1H3,(H,6,7);2-4H. The molecular weight excluding hydrogens is 251 g/mol. The van der Waals surface area contributed by atoms with Crippen LogP contribution in [0.1, 0.15) is 6.92 Å². The highest BCUT2D eigenvalue weighted by Gasteiger charge is 2.14. The second kappa shape index (κ2) is 7.99. The molecule has 0 saturated carbocycles. The Morgan fingerprint density at radius 2 is 1.69 bits per heavy atom. The molecule has 0 radical (unpaired) electrons. The summed E-state index contributed by atoms with van der Waals surface area (Å²) in [5.74, 6) is -2.83. The average molecular weight is 259 g/mol. The molecule has 0 aromatic rings. The normalized spacial score (nSPS) is 10.5. The van der Waals surface area contributed by atoms with Crippen LogP contribution in [-0.4, -0.2) is 44.5 Å². The van der Waals surface area contributed by atoms with E-state index in [2.05, 4.69) is 20.7 Å². The summed E-state index contributed by atoms with van der Waals surface area (Å²) in [7, 11) is -2.17. The van der Waals surface area contributed by atoms with Gasteiger partial charge in [0, 0.05) is 0 Å². The monoisotopic (exact) mass is 258 g/mol. The minimum atomic E-state index is -2.17. The Balaban J connectivity index is 0. The van der Waals surface area contributed by atoms with E-state index in [0.717, 1.165) is 0 Å². The van der Waals surface area contributed by atoms with Gasteiger partial charge in [-0.3, -0.25) is 0 Å². The van der Waals surface area contributed by atoms with Crippen molar-refractivity contribution in [2.45, 2.75) is 11.9 Å². The number of esters is 1. The lowest BCUT2D eigenvalue weighted by atomic mass is 10.3. The molecule has 1 unspecified atom stereocenters. The molecule has 13 heavy (non-hydrogen) atoms. The number of halogens is 1. The average Bonchev–Trinajstić information content (AvgIpc) is 1.83. The molecule has 0 spiro atoms. The van der Waals surface area contributed by atoms with Crippen LogP contribution >= 0.6 is 15.9 Å². The highest BCUT2D eigenvalue weighted by molar-refractivity contribution is 9.09. The van der Waals surface area contributed by atoms with Gasteiger partial charge in [0.15, 0.2) is 5.01 Å². The molecule has 0 aliphatic heterocycles. The number of hydrogen-bond donors (Lipinski definition) is 4. The SMILES string of the molecule is CC(Br)OC(=O)C(=O)O.OB(O)O. The van der Waals surface area contributed by atoms with E-state index in [-0.39, 0.29) is 0 Å². The van der Waals surface area contributed by atoms with Crippen molar-refractivity contribution in [3.8, 4) is 0 Å². The van der Waals surface area contributed by atoms with Crippen molar-refractivity contribution in [3.63, 3.8) is 0 Å². The smallest absolute Gasteiger partial charge is 0.473 e. The number of hydrogen-bond acceptors (Lipinski definition) is 6. The fraction of sp³-hybridized carbons (Fsp3) is 0.500. The number of carbonyl (C=O) groups is 2. The van der Waals surface area contributed by atoms with E-state index in [1.807, 2.05) is 0 Å². The van der Waals surface area contributed by atoms with Gasteiger partial charge in [-0.05, 0) is 22.9 Å². The Morgan fingerprint density at radius 1 is 1.38 bits per heavy atom. The van der Waals surface area contributed by atoms with Gasteiger partial charge in [-0.2, -0.15) is 0 Å². The Bertz CT molecular complexity index is 167. The van der Waals surface area contributed by atoms with Gasteiger partial charge >= 0.3 is 19.3 Å². The fourth-order valence-corrected chi connectivity index (χ4v) is 0.368. The number of ether oxygens (including phenoxy) is 1. The lowest BCUT2D eigenvalue weighted by Gasteiger charge is -2.00. The van der Waals surface area contributed by atoms with E-state index in [0.29, 0.717) is 0 Å². The molecule has 0 aromatic heterocycles. The van der Waals surface area contributed by atoms with Crippen LogP contribution in [-0.2, 0) is 14.3 Å². The fourth-order valence-electron chi connectivity index (χ4n) is 0.198. The first-order chi connectivity index (χ1) is 5.77. The molecule has 0 heterocycles. The van der Waals surface area contributed by atoms with Crippen molar-refractivity contribution in [2.75, 3.05) is 0 Å². The van der Waals surface area contributed by atoms with Crippen molar-refractivity contribution >= 4 is 35.2 Å². The molecule has 4 N–H and O–H groups in total. The van der Waals surface area contributed by atoms with E-state index >= 15 is 0 Å². The van der Waals surface area contributed by atoms with Gasteiger partial charge in [-0.1, -0.05) is 0 Å². The van der Waals surface area contributed by atoms with Crippen LogP contribution in [0.2, 0.25) is 0 Å². The van der Waals surface area contributed by atoms with Crippen LogP contribution in [0.4, 0.5) is 0 Å². The largest absolute Gasteiger partial charge is 0.631 e. The molecule has 0 amide bonds. The van der Waals surface area contributed by atoms with Crippen molar-refractivity contribution in [1.29, 1.82) is 0 Å². The molecule has 76 valence electrons. The van der Waals surface area contributed by atoms with Crippen LogP contribution in [0.3, 0.4) is 0 Å². The van der Waals surface area contributed by atoms with Crippen molar-refractivity contribution in [3.05, 3.63) is 0 Å². The van der Waals surface area contributed by atoms with E-state index in [9.17, 15) is 9.59 Å². The maximum absolute atomic E-state index is 10.1. The zero-order chi connectivity index (χ0) is 11.0. The van der Waals surface area contributed by atoms with Crippen molar-refractivity contribution in [1.82, 2.24) is 0 Å². The topological polar surface area (TPSA) is 124 Å². The first-order valence-electron chi connectivity index (χ1n) is 2.89. The highest BCUT2D eigenvalue weighted by Crippen LogP contribution is 1.98. The first kappa shape index (κ1) is 14.9. The molecule has 0 rings (SSSR count). The zero-order valence-corrected chi connectivity index (χ0v) is 8.13. The summed E-state index contributed by atoms with van der Waals surface area (Å²) >= 11 is 2.84. The molecule has 0 saturated heterocycles. The molecule has 7 nitrogen and oxygen atoms in total. The summed E-state index contributed by atoms with van der Waals surface area (Å²) in [5, 5.41) is 28.9. The number of carboxylic acids is 1. The number of carbonyl (C=O) groups excluding carboxylic acids is 1. The summed E-state index contributed by atoms with van der Waals surface area (Å²) in [6, 6.07) is 0. The molecule has 1 atom stereocenters.